The van der Waals surface area contributed by atoms with Crippen molar-refractivity contribution in [1.82, 2.24) is 0 Å². The Morgan fingerprint density at radius 3 is 2.14 bits per heavy atom. The minimum atomic E-state index is -4.36. The zero-order valence-electron chi connectivity index (χ0n) is 10.6. The van der Waals surface area contributed by atoms with E-state index in [9.17, 15) is 17.6 Å². The van der Waals surface area contributed by atoms with Gasteiger partial charge in [0.15, 0.2) is 0 Å². The molecule has 0 bridgehead atoms. The maximum absolute atomic E-state index is 13.0. The molecule has 0 saturated heterocycles. The number of rotatable bonds is 3. The van der Waals surface area contributed by atoms with Crippen LogP contribution in [0.5, 0.6) is 0 Å². The molecule has 0 aliphatic carbocycles. The number of alkyl halides is 4. The smallest absolute Gasteiger partial charge is 0.207 e. The first-order valence-electron chi connectivity index (χ1n) is 6.02. The van der Waals surface area contributed by atoms with Crippen molar-refractivity contribution in [1.29, 1.82) is 0 Å². The van der Waals surface area contributed by atoms with Crippen LogP contribution in [0.2, 0.25) is 5.02 Å². The summed E-state index contributed by atoms with van der Waals surface area (Å²) in [5.41, 5.74) is 0.472. The Morgan fingerprint density at radius 1 is 1.00 bits per heavy atom. The molecule has 0 amide bonds. The van der Waals surface area contributed by atoms with Gasteiger partial charge in [0.2, 0.25) is 0 Å². The van der Waals surface area contributed by atoms with Crippen molar-refractivity contribution in [2.24, 2.45) is 0 Å². The van der Waals surface area contributed by atoms with Crippen molar-refractivity contribution in [3.63, 3.8) is 0 Å². The van der Waals surface area contributed by atoms with Gasteiger partial charge in [-0.1, -0.05) is 29.8 Å². The Bertz CT molecular complexity index is 621. The predicted molar refractivity (Wildman–Crippen MR) is 75.2 cm³/mol. The van der Waals surface area contributed by atoms with Gasteiger partial charge in [0, 0.05) is 5.02 Å². The number of halogens is 6. The average molecular weight is 337 g/mol. The lowest BCUT2D eigenvalue weighted by Crippen LogP contribution is -2.05. The summed E-state index contributed by atoms with van der Waals surface area (Å²) in [5, 5.41) is -0.350. The van der Waals surface area contributed by atoms with Gasteiger partial charge in [0.25, 0.3) is 0 Å². The van der Waals surface area contributed by atoms with E-state index in [-0.39, 0.29) is 5.02 Å². The van der Waals surface area contributed by atoms with Gasteiger partial charge < -0.3 is 0 Å². The van der Waals surface area contributed by atoms with Gasteiger partial charge in [-0.15, -0.1) is 11.6 Å². The van der Waals surface area contributed by atoms with Crippen molar-refractivity contribution in [2.75, 3.05) is 0 Å². The maximum Gasteiger partial charge on any atom is 0.416 e. The van der Waals surface area contributed by atoms with Crippen LogP contribution in [-0.4, -0.2) is 0 Å². The molecule has 2 rings (SSSR count). The average Bonchev–Trinajstić information content (AvgIpc) is 2.38. The highest BCUT2D eigenvalue weighted by molar-refractivity contribution is 6.32. The highest BCUT2D eigenvalue weighted by Gasteiger charge is 2.30. The molecule has 0 spiro atoms. The van der Waals surface area contributed by atoms with E-state index in [0.717, 1.165) is 18.2 Å². The fraction of sp³-hybridized carbons (Fsp3) is 0.200. The summed E-state index contributed by atoms with van der Waals surface area (Å²) in [6.07, 6.45) is -4.07. The molecule has 2 aromatic carbocycles. The first kappa shape index (κ1) is 16.1. The van der Waals surface area contributed by atoms with Crippen molar-refractivity contribution >= 4 is 23.2 Å². The molecule has 0 fully saturated rings. The molecule has 0 saturated carbocycles. The van der Waals surface area contributed by atoms with E-state index in [1.807, 2.05) is 0 Å². The Balaban J connectivity index is 2.14. The topological polar surface area (TPSA) is 0 Å². The minimum Gasteiger partial charge on any atom is -0.207 e. The minimum absolute atomic E-state index is 0.196. The molecule has 0 aromatic heterocycles. The van der Waals surface area contributed by atoms with Crippen LogP contribution in [-0.2, 0) is 12.6 Å². The van der Waals surface area contributed by atoms with Crippen LogP contribution < -0.4 is 0 Å². The molecular weight excluding hydrogens is 327 g/mol. The number of hydrogen-bond donors (Lipinski definition) is 0. The summed E-state index contributed by atoms with van der Waals surface area (Å²) in [5.74, 6) is -0.470. The Hall–Kier alpha value is -1.26. The fourth-order valence-corrected chi connectivity index (χ4v) is 2.63. The molecule has 0 nitrogen and oxygen atoms in total. The highest BCUT2D eigenvalue weighted by atomic mass is 35.5. The van der Waals surface area contributed by atoms with Gasteiger partial charge in [-0.25, -0.2) is 4.39 Å². The van der Waals surface area contributed by atoms with E-state index in [1.54, 1.807) is 0 Å². The summed E-state index contributed by atoms with van der Waals surface area (Å²) in [6.45, 7) is 0. The number of hydrogen-bond acceptors (Lipinski definition) is 0. The van der Waals surface area contributed by atoms with E-state index in [0.29, 0.717) is 17.5 Å². The van der Waals surface area contributed by atoms with Crippen molar-refractivity contribution in [3.8, 4) is 0 Å². The summed E-state index contributed by atoms with van der Waals surface area (Å²) >= 11 is 12.1. The first-order chi connectivity index (χ1) is 9.77. The molecule has 0 aliphatic heterocycles. The molecule has 1 atom stereocenters. The van der Waals surface area contributed by atoms with E-state index in [4.69, 9.17) is 23.2 Å². The van der Waals surface area contributed by atoms with Crippen LogP contribution in [0.15, 0.2) is 42.5 Å². The SMILES string of the molecule is Fc1ccc(C(Cl)Cc2ccc(C(F)(F)F)cc2)c(Cl)c1. The zero-order valence-corrected chi connectivity index (χ0v) is 12.1. The molecular formula is C15H10Cl2F4. The summed E-state index contributed by atoms with van der Waals surface area (Å²) in [4.78, 5) is 0. The third-order valence-corrected chi connectivity index (χ3v) is 3.71. The van der Waals surface area contributed by atoms with Gasteiger partial charge in [-0.2, -0.15) is 13.2 Å². The largest absolute Gasteiger partial charge is 0.416 e. The lowest BCUT2D eigenvalue weighted by atomic mass is 10.0. The van der Waals surface area contributed by atoms with Crippen LogP contribution in [0.4, 0.5) is 17.6 Å². The van der Waals surface area contributed by atoms with Gasteiger partial charge in [-0.05, 0) is 41.8 Å². The normalized spacial score (nSPS) is 13.2. The van der Waals surface area contributed by atoms with Gasteiger partial charge in [0.1, 0.15) is 5.82 Å². The van der Waals surface area contributed by atoms with E-state index >= 15 is 0 Å². The Labute approximate surface area is 129 Å². The van der Waals surface area contributed by atoms with Crippen LogP contribution in [0.3, 0.4) is 0 Å². The van der Waals surface area contributed by atoms with E-state index in [2.05, 4.69) is 0 Å². The molecule has 2 aromatic rings. The van der Waals surface area contributed by atoms with E-state index < -0.39 is 22.9 Å². The van der Waals surface area contributed by atoms with Gasteiger partial charge in [0.05, 0.1) is 10.9 Å². The predicted octanol–water partition coefficient (Wildman–Crippen LogP) is 6.02. The summed E-state index contributed by atoms with van der Waals surface area (Å²) < 4.78 is 50.3. The van der Waals surface area contributed by atoms with Gasteiger partial charge >= 0.3 is 6.18 Å². The quantitative estimate of drug-likeness (QED) is 0.474. The second-order valence-corrected chi connectivity index (χ2v) is 5.47. The highest BCUT2D eigenvalue weighted by Crippen LogP contribution is 2.33. The van der Waals surface area contributed by atoms with Gasteiger partial charge in [-0.3, -0.25) is 0 Å². The fourth-order valence-electron chi connectivity index (χ4n) is 1.90. The Kier molecular flexibility index (Phi) is 4.79. The molecule has 0 aliphatic rings. The molecule has 1 unspecified atom stereocenters. The van der Waals surface area contributed by atoms with Crippen molar-refractivity contribution < 1.29 is 17.6 Å². The monoisotopic (exact) mass is 336 g/mol. The summed E-state index contributed by atoms with van der Waals surface area (Å²) in [7, 11) is 0. The zero-order chi connectivity index (χ0) is 15.6. The second kappa shape index (κ2) is 6.24. The second-order valence-electron chi connectivity index (χ2n) is 4.53. The summed E-state index contributed by atoms with van der Waals surface area (Å²) in [6, 6.07) is 8.61. The lowest BCUT2D eigenvalue weighted by Gasteiger charge is -2.13. The van der Waals surface area contributed by atoms with E-state index in [1.165, 1.54) is 24.3 Å². The van der Waals surface area contributed by atoms with Crippen LogP contribution in [0.1, 0.15) is 22.1 Å². The lowest BCUT2D eigenvalue weighted by molar-refractivity contribution is -0.137. The van der Waals surface area contributed by atoms with Crippen LogP contribution in [0.25, 0.3) is 0 Å². The third-order valence-electron chi connectivity index (χ3n) is 3.00. The van der Waals surface area contributed by atoms with Crippen LogP contribution >= 0.6 is 23.2 Å². The molecule has 21 heavy (non-hydrogen) atoms. The standard InChI is InChI=1S/C15H10Cl2F4/c16-13(12-6-5-11(18)8-14(12)17)7-9-1-3-10(4-2-9)15(19,20)21/h1-6,8,13H,7H2. The molecule has 6 heteroatoms. The maximum atomic E-state index is 13.0. The molecule has 112 valence electrons. The Morgan fingerprint density at radius 2 is 1.62 bits per heavy atom. The number of benzene rings is 2. The van der Waals surface area contributed by atoms with Crippen molar-refractivity contribution in [3.05, 3.63) is 70.0 Å². The van der Waals surface area contributed by atoms with Crippen LogP contribution in [0, 0.1) is 5.82 Å². The first-order valence-corrected chi connectivity index (χ1v) is 6.84. The third kappa shape index (κ3) is 4.11. The van der Waals surface area contributed by atoms with Crippen molar-refractivity contribution in [2.45, 2.75) is 18.0 Å². The molecule has 0 N–H and O–H groups in total. The molecule has 0 heterocycles. The molecule has 0 radical (unpaired) electrons.